The molecule has 2 aromatic carbocycles. The number of carbonyl (C=O) groups excluding carboxylic acids is 1. The molecular weight excluding hydrogens is 513 g/mol. The minimum Gasteiger partial charge on any atom is -0.465 e. The van der Waals surface area contributed by atoms with E-state index in [2.05, 4.69) is 20.2 Å². The summed E-state index contributed by atoms with van der Waals surface area (Å²) in [5.41, 5.74) is 6.50. The Morgan fingerprint density at radius 1 is 1.03 bits per heavy atom. The summed E-state index contributed by atoms with van der Waals surface area (Å²) in [6, 6.07) is 16.1. The van der Waals surface area contributed by atoms with Gasteiger partial charge >= 0.3 is 12.3 Å². The Bertz CT molecular complexity index is 1280. The van der Waals surface area contributed by atoms with Crippen LogP contribution < -0.4 is 11.1 Å². The summed E-state index contributed by atoms with van der Waals surface area (Å²) in [6.45, 7) is 2.82. The highest BCUT2D eigenvalue weighted by molar-refractivity contribution is 5.74. The number of nitrogens with one attached hydrogen (secondary N) is 1. The van der Waals surface area contributed by atoms with Crippen molar-refractivity contribution in [3.05, 3.63) is 83.2 Å². The smallest absolute Gasteiger partial charge is 0.419 e. The molecular formula is C27H29F3N6O3. The van der Waals surface area contributed by atoms with Crippen molar-refractivity contribution in [3.8, 4) is 0 Å². The van der Waals surface area contributed by atoms with Crippen LogP contribution in [0.1, 0.15) is 34.7 Å². The van der Waals surface area contributed by atoms with E-state index in [1.807, 2.05) is 12.1 Å². The number of carbonyl (C=O) groups is 2. The zero-order valence-corrected chi connectivity index (χ0v) is 21.1. The summed E-state index contributed by atoms with van der Waals surface area (Å²) in [7, 11) is 0. The predicted molar refractivity (Wildman–Crippen MR) is 138 cm³/mol. The molecule has 12 heteroatoms. The predicted octanol–water partition coefficient (Wildman–Crippen LogP) is 4.24. The second-order valence-corrected chi connectivity index (χ2v) is 9.40. The molecule has 1 aliphatic rings. The van der Waals surface area contributed by atoms with Crippen molar-refractivity contribution < 1.29 is 27.9 Å². The van der Waals surface area contributed by atoms with Crippen molar-refractivity contribution in [2.75, 3.05) is 31.5 Å². The van der Waals surface area contributed by atoms with E-state index in [0.29, 0.717) is 44.0 Å². The summed E-state index contributed by atoms with van der Waals surface area (Å²) in [4.78, 5) is 34.4. The third-order valence-electron chi connectivity index (χ3n) is 6.59. The summed E-state index contributed by atoms with van der Waals surface area (Å²) in [6.07, 6.45) is -5.10. The highest BCUT2D eigenvalue weighted by Crippen LogP contribution is 2.34. The van der Waals surface area contributed by atoms with Gasteiger partial charge in [0.2, 0.25) is 11.9 Å². The van der Waals surface area contributed by atoms with Gasteiger partial charge in [-0.05, 0) is 35.6 Å². The van der Waals surface area contributed by atoms with E-state index in [4.69, 9.17) is 10.8 Å². The molecule has 0 saturated carbocycles. The Balaban J connectivity index is 1.48. The summed E-state index contributed by atoms with van der Waals surface area (Å²) in [5, 5.41) is 12.0. The van der Waals surface area contributed by atoms with E-state index in [0.717, 1.165) is 11.8 Å². The Morgan fingerprint density at radius 2 is 1.69 bits per heavy atom. The van der Waals surface area contributed by atoms with Gasteiger partial charge in [-0.25, -0.2) is 14.8 Å². The molecule has 1 unspecified atom stereocenters. The van der Waals surface area contributed by atoms with Crippen molar-refractivity contribution in [2.45, 2.75) is 31.5 Å². The lowest BCUT2D eigenvalue weighted by Crippen LogP contribution is -2.47. The maximum Gasteiger partial charge on any atom is 0.419 e. The van der Waals surface area contributed by atoms with Crippen LogP contribution in [-0.2, 0) is 23.9 Å². The van der Waals surface area contributed by atoms with E-state index in [1.54, 1.807) is 42.5 Å². The first-order chi connectivity index (χ1) is 18.6. The summed E-state index contributed by atoms with van der Waals surface area (Å²) in [5.74, 6) is -1.20. The lowest BCUT2D eigenvalue weighted by molar-refractivity contribution is -0.138. The Hall–Kier alpha value is -4.19. The highest BCUT2D eigenvalue weighted by atomic mass is 19.4. The van der Waals surface area contributed by atoms with Gasteiger partial charge in [0.25, 0.3) is 0 Å². The van der Waals surface area contributed by atoms with Gasteiger partial charge in [0.05, 0.1) is 11.3 Å². The fourth-order valence-electron chi connectivity index (χ4n) is 4.56. The zero-order valence-electron chi connectivity index (χ0n) is 21.1. The molecule has 1 atom stereocenters. The average Bonchev–Trinajstić information content (AvgIpc) is 2.89. The van der Waals surface area contributed by atoms with Gasteiger partial charge in [-0.2, -0.15) is 13.2 Å². The maximum atomic E-state index is 13.8. The van der Waals surface area contributed by atoms with Crippen LogP contribution in [0.2, 0.25) is 0 Å². The van der Waals surface area contributed by atoms with Crippen LogP contribution in [0.25, 0.3) is 0 Å². The zero-order chi connectivity index (χ0) is 28.0. The van der Waals surface area contributed by atoms with Crippen molar-refractivity contribution in [2.24, 2.45) is 5.73 Å². The molecule has 1 aromatic heterocycles. The van der Waals surface area contributed by atoms with Gasteiger partial charge in [-0.1, -0.05) is 42.5 Å². The summed E-state index contributed by atoms with van der Waals surface area (Å²) >= 11 is 0. The number of primary amides is 1. The second kappa shape index (κ2) is 12.1. The monoisotopic (exact) mass is 542 g/mol. The molecule has 9 nitrogen and oxygen atoms in total. The fourth-order valence-corrected chi connectivity index (χ4v) is 4.56. The standard InChI is InChI=1S/C27H29F3N6O3/c28-27(29,30)22-16-32-25(34-23(22)14-20(15-24(31)37)19-4-2-1-3-5-19)33-21-8-6-18(7-9-21)17-35-10-12-36(13-11-35)26(38)39/h1-9,16,20H,10-15,17H2,(H2,31,37)(H,38,39)(H,32,33,34). The number of hydrogen-bond acceptors (Lipinski definition) is 6. The first-order valence-corrected chi connectivity index (χ1v) is 12.4. The Morgan fingerprint density at radius 3 is 2.28 bits per heavy atom. The lowest BCUT2D eigenvalue weighted by atomic mass is 9.89. The minimum atomic E-state index is -4.67. The molecule has 1 saturated heterocycles. The van der Waals surface area contributed by atoms with E-state index < -0.39 is 29.7 Å². The second-order valence-electron chi connectivity index (χ2n) is 9.40. The maximum absolute atomic E-state index is 13.8. The van der Waals surface area contributed by atoms with Gasteiger partial charge in [0.15, 0.2) is 0 Å². The largest absolute Gasteiger partial charge is 0.465 e. The van der Waals surface area contributed by atoms with Crippen molar-refractivity contribution >= 4 is 23.6 Å². The van der Waals surface area contributed by atoms with Crippen LogP contribution in [0.5, 0.6) is 0 Å². The number of nitrogens with zero attached hydrogens (tertiary/aromatic N) is 4. The Kier molecular flexibility index (Phi) is 8.65. The van der Waals surface area contributed by atoms with E-state index in [-0.39, 0.29) is 24.5 Å². The van der Waals surface area contributed by atoms with Crippen LogP contribution in [0, 0.1) is 0 Å². The number of nitrogens with two attached hydrogens (primary N) is 1. The number of halogens is 3. The average molecular weight is 543 g/mol. The van der Waals surface area contributed by atoms with E-state index >= 15 is 0 Å². The van der Waals surface area contributed by atoms with Crippen molar-refractivity contribution in [1.82, 2.24) is 19.8 Å². The molecule has 39 heavy (non-hydrogen) atoms. The van der Waals surface area contributed by atoms with Gasteiger partial charge in [0.1, 0.15) is 0 Å². The number of benzene rings is 2. The first kappa shape index (κ1) is 27.8. The first-order valence-electron chi connectivity index (χ1n) is 12.4. The molecule has 2 amide bonds. The molecule has 2 heterocycles. The van der Waals surface area contributed by atoms with Gasteiger partial charge in [-0.3, -0.25) is 9.69 Å². The molecule has 0 aliphatic carbocycles. The van der Waals surface area contributed by atoms with Crippen molar-refractivity contribution in [3.63, 3.8) is 0 Å². The lowest BCUT2D eigenvalue weighted by Gasteiger charge is -2.33. The Labute approximate surface area is 223 Å². The topological polar surface area (TPSA) is 125 Å². The third kappa shape index (κ3) is 7.66. The van der Waals surface area contributed by atoms with Gasteiger partial charge in [0, 0.05) is 51.0 Å². The normalized spacial score (nSPS) is 15.1. The molecule has 0 radical (unpaired) electrons. The molecule has 4 N–H and O–H groups in total. The number of carboxylic acid groups (broad SMARTS) is 1. The molecule has 206 valence electrons. The molecule has 0 bridgehead atoms. The van der Waals surface area contributed by atoms with Crippen LogP contribution in [0.4, 0.5) is 29.6 Å². The molecule has 4 rings (SSSR count). The number of rotatable bonds is 9. The number of hydrogen-bond donors (Lipinski definition) is 3. The molecule has 3 aromatic rings. The van der Waals surface area contributed by atoms with Crippen LogP contribution in [0.3, 0.4) is 0 Å². The number of amides is 2. The number of alkyl halides is 3. The van der Waals surface area contributed by atoms with Gasteiger partial charge in [-0.15, -0.1) is 0 Å². The third-order valence-corrected chi connectivity index (χ3v) is 6.59. The van der Waals surface area contributed by atoms with E-state index in [1.165, 1.54) is 4.90 Å². The van der Waals surface area contributed by atoms with Crippen LogP contribution >= 0.6 is 0 Å². The SMILES string of the molecule is NC(=O)CC(Cc1nc(Nc2ccc(CN3CCN(C(=O)O)CC3)cc2)ncc1C(F)(F)F)c1ccccc1. The number of aromatic nitrogens is 2. The number of anilines is 2. The highest BCUT2D eigenvalue weighted by Gasteiger charge is 2.36. The quantitative estimate of drug-likeness (QED) is 0.370. The molecule has 1 fully saturated rings. The van der Waals surface area contributed by atoms with Gasteiger partial charge < -0.3 is 21.1 Å². The fraction of sp³-hybridized carbons (Fsp3) is 0.333. The number of piperazine rings is 1. The molecule has 0 spiro atoms. The minimum absolute atomic E-state index is 0.00132. The van der Waals surface area contributed by atoms with Crippen molar-refractivity contribution in [1.29, 1.82) is 0 Å². The van der Waals surface area contributed by atoms with Crippen LogP contribution in [-0.4, -0.2) is 63.1 Å². The summed E-state index contributed by atoms with van der Waals surface area (Å²) < 4.78 is 41.4. The molecule has 1 aliphatic heterocycles. The van der Waals surface area contributed by atoms with E-state index in [9.17, 15) is 22.8 Å². The van der Waals surface area contributed by atoms with Crippen LogP contribution in [0.15, 0.2) is 60.8 Å².